The third-order valence-electron chi connectivity index (χ3n) is 4.57. The summed E-state index contributed by atoms with van der Waals surface area (Å²) >= 11 is 0. The second-order valence-electron chi connectivity index (χ2n) is 6.20. The number of carbonyl (C=O) groups excluding carboxylic acids is 1. The molecule has 5 rings (SSSR count). The summed E-state index contributed by atoms with van der Waals surface area (Å²) in [6.45, 7) is 0. The molecule has 0 saturated heterocycles. The molecule has 2 aromatic carbocycles. The van der Waals surface area contributed by atoms with Crippen molar-refractivity contribution in [1.82, 2.24) is 15.2 Å². The largest absolute Gasteiger partial charge is 0.321 e. The summed E-state index contributed by atoms with van der Waals surface area (Å²) in [4.78, 5) is 16.6. The number of para-hydroxylation sites is 1. The van der Waals surface area contributed by atoms with Crippen molar-refractivity contribution in [2.24, 2.45) is 0 Å². The predicted octanol–water partition coefficient (Wildman–Crippen LogP) is 4.12. The van der Waals surface area contributed by atoms with Gasteiger partial charge in [0.1, 0.15) is 0 Å². The van der Waals surface area contributed by atoms with Crippen molar-refractivity contribution < 1.29 is 4.79 Å². The first-order chi connectivity index (χ1) is 12.8. The van der Waals surface area contributed by atoms with Crippen LogP contribution in [0.3, 0.4) is 0 Å². The number of H-pyrrole nitrogens is 1. The number of hydrogen-bond acceptors (Lipinski definition) is 3. The normalized spacial score (nSPS) is 14.6. The molecule has 124 valence electrons. The van der Waals surface area contributed by atoms with Gasteiger partial charge in [-0.15, -0.1) is 0 Å². The Morgan fingerprint density at radius 3 is 2.77 bits per heavy atom. The molecule has 0 fully saturated rings. The zero-order valence-corrected chi connectivity index (χ0v) is 13.7. The molecule has 5 heteroatoms. The molecule has 0 atom stereocenters. The fourth-order valence-electron chi connectivity index (χ4n) is 3.37. The van der Waals surface area contributed by atoms with Crippen molar-refractivity contribution in [3.63, 3.8) is 0 Å². The van der Waals surface area contributed by atoms with Crippen LogP contribution in [0, 0.1) is 0 Å². The maximum absolute atomic E-state index is 12.4. The molecule has 0 bridgehead atoms. The van der Waals surface area contributed by atoms with Crippen LogP contribution in [0.5, 0.6) is 0 Å². The number of nitrogens with zero attached hydrogens (tertiary/aromatic N) is 2. The van der Waals surface area contributed by atoms with Gasteiger partial charge in [-0.2, -0.15) is 5.10 Å². The second kappa shape index (κ2) is 5.67. The van der Waals surface area contributed by atoms with E-state index in [1.54, 1.807) is 6.20 Å². The minimum atomic E-state index is -0.0844. The monoisotopic (exact) mass is 338 g/mol. The van der Waals surface area contributed by atoms with Crippen molar-refractivity contribution in [2.45, 2.75) is 0 Å². The molecule has 1 aliphatic heterocycles. The Morgan fingerprint density at radius 2 is 1.88 bits per heavy atom. The Morgan fingerprint density at radius 1 is 0.962 bits per heavy atom. The van der Waals surface area contributed by atoms with E-state index in [4.69, 9.17) is 0 Å². The molecule has 1 aliphatic rings. The van der Waals surface area contributed by atoms with Gasteiger partial charge < -0.3 is 5.32 Å². The van der Waals surface area contributed by atoms with Gasteiger partial charge in [-0.1, -0.05) is 24.3 Å². The third-order valence-corrected chi connectivity index (χ3v) is 4.57. The lowest BCUT2D eigenvalue weighted by Gasteiger charge is -2.06. The van der Waals surface area contributed by atoms with Gasteiger partial charge in [0.15, 0.2) is 0 Å². The Bertz CT molecular complexity index is 1180. The Kier molecular flexibility index (Phi) is 3.18. The summed E-state index contributed by atoms with van der Waals surface area (Å²) in [5.41, 5.74) is 6.33. The second-order valence-corrected chi connectivity index (χ2v) is 6.20. The molecule has 26 heavy (non-hydrogen) atoms. The highest BCUT2D eigenvalue weighted by molar-refractivity contribution is 6.35. The van der Waals surface area contributed by atoms with Crippen LogP contribution in [0.4, 0.5) is 5.69 Å². The smallest absolute Gasteiger partial charge is 0.256 e. The summed E-state index contributed by atoms with van der Waals surface area (Å²) in [7, 11) is 0. The van der Waals surface area contributed by atoms with E-state index in [1.807, 2.05) is 60.9 Å². The summed E-state index contributed by atoms with van der Waals surface area (Å²) in [6, 6.07) is 15.7. The van der Waals surface area contributed by atoms with Crippen LogP contribution in [0.2, 0.25) is 0 Å². The number of aromatic amines is 1. The number of benzene rings is 2. The number of pyridine rings is 1. The fourth-order valence-corrected chi connectivity index (χ4v) is 3.37. The highest BCUT2D eigenvalue weighted by Gasteiger charge is 2.23. The van der Waals surface area contributed by atoms with Gasteiger partial charge >= 0.3 is 0 Å². The molecule has 5 nitrogen and oxygen atoms in total. The van der Waals surface area contributed by atoms with Crippen molar-refractivity contribution in [1.29, 1.82) is 0 Å². The summed E-state index contributed by atoms with van der Waals surface area (Å²) < 4.78 is 0. The topological polar surface area (TPSA) is 70.7 Å². The van der Waals surface area contributed by atoms with Gasteiger partial charge in [0.2, 0.25) is 0 Å². The Balaban J connectivity index is 1.70. The lowest BCUT2D eigenvalue weighted by molar-refractivity contribution is -0.110. The third kappa shape index (κ3) is 2.29. The number of nitrogens with one attached hydrogen (secondary N) is 2. The van der Waals surface area contributed by atoms with Crippen molar-refractivity contribution in [3.8, 4) is 11.1 Å². The quantitative estimate of drug-likeness (QED) is 0.540. The van der Waals surface area contributed by atoms with Crippen molar-refractivity contribution in [3.05, 3.63) is 78.2 Å². The number of amides is 1. The SMILES string of the molecule is O=C1Nc2ccccc2/C1=C/c1cc(-c2cccnc2)c2cn[nH]c2c1. The number of rotatable bonds is 2. The van der Waals surface area contributed by atoms with Gasteiger partial charge in [-0.05, 0) is 41.5 Å². The highest BCUT2D eigenvalue weighted by Crippen LogP contribution is 2.34. The minimum absolute atomic E-state index is 0.0844. The summed E-state index contributed by atoms with van der Waals surface area (Å²) in [5, 5.41) is 11.1. The Labute approximate surface area is 149 Å². The molecule has 3 heterocycles. The van der Waals surface area contributed by atoms with E-state index in [-0.39, 0.29) is 5.91 Å². The van der Waals surface area contributed by atoms with E-state index in [1.165, 1.54) is 0 Å². The molecule has 0 spiro atoms. The maximum Gasteiger partial charge on any atom is 0.256 e. The zero-order valence-electron chi connectivity index (χ0n) is 13.7. The number of anilines is 1. The molecular formula is C21H14N4O. The number of aromatic nitrogens is 3. The lowest BCUT2D eigenvalue weighted by Crippen LogP contribution is -2.03. The molecule has 4 aromatic rings. The standard InChI is InChI=1S/C21H14N4O/c26-21-17(15-5-1-2-6-19(15)24-21)9-13-8-16(14-4-3-7-22-11-14)18-12-23-25-20(18)10-13/h1-12H,(H,23,25)(H,24,26)/b17-9-. The van der Waals surface area contributed by atoms with Crippen LogP contribution in [-0.2, 0) is 4.79 Å². The lowest BCUT2D eigenvalue weighted by atomic mass is 9.98. The molecule has 2 aromatic heterocycles. The number of carbonyl (C=O) groups is 1. The van der Waals surface area contributed by atoms with E-state index in [9.17, 15) is 4.79 Å². The van der Waals surface area contributed by atoms with Crippen molar-refractivity contribution >= 4 is 34.1 Å². The van der Waals surface area contributed by atoms with E-state index < -0.39 is 0 Å². The van der Waals surface area contributed by atoms with Crippen LogP contribution >= 0.6 is 0 Å². The highest BCUT2D eigenvalue weighted by atomic mass is 16.2. The summed E-state index contributed by atoms with van der Waals surface area (Å²) in [5.74, 6) is -0.0844. The van der Waals surface area contributed by atoms with E-state index in [0.717, 1.165) is 38.8 Å². The van der Waals surface area contributed by atoms with Crippen LogP contribution in [0.15, 0.2) is 67.1 Å². The molecule has 0 saturated carbocycles. The van der Waals surface area contributed by atoms with Gasteiger partial charge in [0.25, 0.3) is 5.91 Å². The van der Waals surface area contributed by atoms with Crippen LogP contribution in [0.1, 0.15) is 11.1 Å². The maximum atomic E-state index is 12.4. The van der Waals surface area contributed by atoms with Crippen LogP contribution in [0.25, 0.3) is 33.7 Å². The van der Waals surface area contributed by atoms with Crippen molar-refractivity contribution in [2.75, 3.05) is 5.32 Å². The molecule has 1 amide bonds. The average Bonchev–Trinajstić information content (AvgIpc) is 3.26. The van der Waals surface area contributed by atoms with Gasteiger partial charge in [-0.3, -0.25) is 14.9 Å². The molecular weight excluding hydrogens is 324 g/mol. The molecule has 0 unspecified atom stereocenters. The van der Waals surface area contributed by atoms with Crippen LogP contribution in [-0.4, -0.2) is 21.1 Å². The summed E-state index contributed by atoms with van der Waals surface area (Å²) in [6.07, 6.45) is 7.31. The van der Waals surface area contributed by atoms with Gasteiger partial charge in [0, 0.05) is 40.2 Å². The minimum Gasteiger partial charge on any atom is -0.321 e. The average molecular weight is 338 g/mol. The molecule has 2 N–H and O–H groups in total. The zero-order chi connectivity index (χ0) is 17.5. The number of hydrogen-bond donors (Lipinski definition) is 2. The van der Waals surface area contributed by atoms with Gasteiger partial charge in [-0.25, -0.2) is 0 Å². The van der Waals surface area contributed by atoms with E-state index >= 15 is 0 Å². The first kappa shape index (κ1) is 14.6. The first-order valence-corrected chi connectivity index (χ1v) is 8.29. The first-order valence-electron chi connectivity index (χ1n) is 8.29. The van der Waals surface area contributed by atoms with E-state index in [0.29, 0.717) is 5.57 Å². The predicted molar refractivity (Wildman–Crippen MR) is 102 cm³/mol. The van der Waals surface area contributed by atoms with E-state index in [2.05, 4.69) is 26.6 Å². The molecule has 0 aliphatic carbocycles. The van der Waals surface area contributed by atoms with Gasteiger partial charge in [0.05, 0.1) is 11.7 Å². The fraction of sp³-hybridized carbons (Fsp3) is 0. The Hall–Kier alpha value is -3.73. The molecule has 0 radical (unpaired) electrons. The number of fused-ring (bicyclic) bond motifs is 2. The van der Waals surface area contributed by atoms with Crippen LogP contribution < -0.4 is 5.32 Å².